The predicted octanol–water partition coefficient (Wildman–Crippen LogP) is 2.13. The highest BCUT2D eigenvalue weighted by Crippen LogP contribution is 2.35. The maximum atomic E-state index is 12.7. The summed E-state index contributed by atoms with van der Waals surface area (Å²) in [5, 5.41) is 10.1. The zero-order valence-electron chi connectivity index (χ0n) is 10.4. The summed E-state index contributed by atoms with van der Waals surface area (Å²) in [7, 11) is 0. The highest BCUT2D eigenvalue weighted by molar-refractivity contribution is 5.84. The number of carboxylic acid groups (broad SMARTS) is 1. The summed E-state index contributed by atoms with van der Waals surface area (Å²) in [6, 6.07) is 5.62. The molecule has 0 unspecified atom stereocenters. The molecule has 0 aromatic heterocycles. The second kappa shape index (κ2) is 6.06. The van der Waals surface area contributed by atoms with Crippen LogP contribution < -0.4 is 5.32 Å². The minimum atomic E-state index is -5.99. The van der Waals surface area contributed by atoms with Crippen LogP contribution in [0.3, 0.4) is 0 Å². The van der Waals surface area contributed by atoms with E-state index >= 15 is 0 Å². The molecule has 1 aromatic carbocycles. The Labute approximate surface area is 115 Å². The number of carbonyl (C=O) groups is 2. The fourth-order valence-electron chi connectivity index (χ4n) is 1.48. The van der Waals surface area contributed by atoms with Crippen molar-refractivity contribution < 1.29 is 36.6 Å². The smallest absolute Gasteiger partial charge is 0.463 e. The fraction of sp³-hybridized carbons (Fsp3) is 0.333. The molecule has 9 heteroatoms. The third-order valence-electron chi connectivity index (χ3n) is 2.54. The van der Waals surface area contributed by atoms with Gasteiger partial charge in [-0.15, -0.1) is 0 Å². The monoisotopic (exact) mass is 311 g/mol. The summed E-state index contributed by atoms with van der Waals surface area (Å²) in [6.45, 7) is -0.631. The van der Waals surface area contributed by atoms with Crippen molar-refractivity contribution in [3.63, 3.8) is 0 Å². The fourth-order valence-corrected chi connectivity index (χ4v) is 1.48. The van der Waals surface area contributed by atoms with Gasteiger partial charge in [0.25, 0.3) is 0 Å². The van der Waals surface area contributed by atoms with Gasteiger partial charge in [-0.05, 0) is 11.1 Å². The average Bonchev–Trinajstić information content (AvgIpc) is 2.35. The Morgan fingerprint density at radius 3 is 2.05 bits per heavy atom. The third-order valence-corrected chi connectivity index (χ3v) is 2.54. The Kier molecular flexibility index (Phi) is 4.87. The van der Waals surface area contributed by atoms with E-state index in [1.807, 2.05) is 0 Å². The predicted molar refractivity (Wildman–Crippen MR) is 60.6 cm³/mol. The van der Waals surface area contributed by atoms with Gasteiger partial charge in [0.15, 0.2) is 0 Å². The van der Waals surface area contributed by atoms with E-state index in [2.05, 4.69) is 0 Å². The van der Waals surface area contributed by atoms with Gasteiger partial charge in [0, 0.05) is 6.54 Å². The molecule has 0 spiro atoms. The maximum absolute atomic E-state index is 12.7. The first-order chi connectivity index (χ1) is 9.55. The van der Waals surface area contributed by atoms with Crippen molar-refractivity contribution in [1.29, 1.82) is 0 Å². The number of alkyl halides is 5. The van der Waals surface area contributed by atoms with Crippen LogP contribution in [0.2, 0.25) is 0 Å². The number of rotatable bonds is 5. The van der Waals surface area contributed by atoms with Gasteiger partial charge in [-0.1, -0.05) is 24.3 Å². The van der Waals surface area contributed by atoms with Gasteiger partial charge in [0.2, 0.25) is 0 Å². The number of halogens is 5. The molecule has 0 aliphatic heterocycles. The number of hydrogen-bond acceptors (Lipinski definition) is 2. The van der Waals surface area contributed by atoms with E-state index in [-0.39, 0.29) is 11.1 Å². The van der Waals surface area contributed by atoms with Crippen LogP contribution in [0, 0.1) is 0 Å². The van der Waals surface area contributed by atoms with Crippen LogP contribution in [0.15, 0.2) is 24.3 Å². The molecule has 0 aliphatic rings. The van der Waals surface area contributed by atoms with E-state index in [1.165, 1.54) is 29.6 Å². The number of amides is 1. The molecule has 0 bridgehead atoms. The third kappa shape index (κ3) is 4.14. The Balaban J connectivity index is 2.81. The second-order valence-electron chi connectivity index (χ2n) is 4.09. The summed E-state index contributed by atoms with van der Waals surface area (Å²) >= 11 is 0. The van der Waals surface area contributed by atoms with Crippen LogP contribution in [-0.4, -0.2) is 29.1 Å². The van der Waals surface area contributed by atoms with Gasteiger partial charge >= 0.3 is 24.0 Å². The molecule has 0 saturated heterocycles. The minimum absolute atomic E-state index is 0.145. The lowest BCUT2D eigenvalue weighted by Crippen LogP contribution is -2.50. The average molecular weight is 311 g/mol. The van der Waals surface area contributed by atoms with Crippen LogP contribution >= 0.6 is 0 Å². The van der Waals surface area contributed by atoms with E-state index in [9.17, 15) is 31.5 Å². The zero-order valence-corrected chi connectivity index (χ0v) is 10.4. The molecule has 4 nitrogen and oxygen atoms in total. The Bertz CT molecular complexity index is 542. The first kappa shape index (κ1) is 16.9. The molecule has 1 rings (SSSR count). The molecule has 0 radical (unpaired) electrons. The SMILES string of the molecule is O=C(O)Cc1ccccc1CNC(=O)C(F)(F)C(F)(F)F. The molecular formula is C12H10F5NO3. The van der Waals surface area contributed by atoms with Gasteiger partial charge < -0.3 is 10.4 Å². The Hall–Kier alpha value is -2.19. The van der Waals surface area contributed by atoms with E-state index in [4.69, 9.17) is 5.11 Å². The maximum Gasteiger partial charge on any atom is 0.463 e. The van der Waals surface area contributed by atoms with Crippen molar-refractivity contribution in [3.8, 4) is 0 Å². The molecule has 0 atom stereocenters. The van der Waals surface area contributed by atoms with Gasteiger partial charge in [0.05, 0.1) is 6.42 Å². The highest BCUT2D eigenvalue weighted by Gasteiger charge is 2.63. The van der Waals surface area contributed by atoms with E-state index in [0.29, 0.717) is 0 Å². The van der Waals surface area contributed by atoms with Crippen molar-refractivity contribution in [1.82, 2.24) is 5.32 Å². The van der Waals surface area contributed by atoms with Gasteiger partial charge in [-0.2, -0.15) is 22.0 Å². The van der Waals surface area contributed by atoms with Crippen LogP contribution in [-0.2, 0) is 22.6 Å². The molecular weight excluding hydrogens is 301 g/mol. The van der Waals surface area contributed by atoms with Gasteiger partial charge in [-0.3, -0.25) is 9.59 Å². The lowest BCUT2D eigenvalue weighted by Gasteiger charge is -2.19. The van der Waals surface area contributed by atoms with Gasteiger partial charge in [0.1, 0.15) is 0 Å². The normalized spacial score (nSPS) is 12.0. The number of carboxylic acids is 1. The molecule has 0 aliphatic carbocycles. The van der Waals surface area contributed by atoms with E-state index < -0.39 is 36.9 Å². The molecule has 1 aromatic rings. The first-order valence-corrected chi connectivity index (χ1v) is 5.57. The molecule has 2 N–H and O–H groups in total. The molecule has 1 amide bonds. The number of aliphatic carboxylic acids is 1. The van der Waals surface area contributed by atoms with E-state index in [0.717, 1.165) is 0 Å². The van der Waals surface area contributed by atoms with Crippen molar-refractivity contribution in [2.45, 2.75) is 25.1 Å². The minimum Gasteiger partial charge on any atom is -0.481 e. The summed E-state index contributed by atoms with van der Waals surface area (Å²) in [5.74, 6) is -9.19. The highest BCUT2D eigenvalue weighted by atomic mass is 19.4. The second-order valence-corrected chi connectivity index (χ2v) is 4.09. The van der Waals surface area contributed by atoms with Gasteiger partial charge in [-0.25, -0.2) is 0 Å². The molecule has 0 fully saturated rings. The number of nitrogens with one attached hydrogen (secondary N) is 1. The van der Waals surface area contributed by atoms with Crippen LogP contribution in [0.1, 0.15) is 11.1 Å². The molecule has 0 heterocycles. The van der Waals surface area contributed by atoms with Crippen molar-refractivity contribution in [2.75, 3.05) is 0 Å². The van der Waals surface area contributed by atoms with Crippen molar-refractivity contribution in [2.24, 2.45) is 0 Å². The topological polar surface area (TPSA) is 66.4 Å². The Morgan fingerprint density at radius 2 is 1.57 bits per heavy atom. The lowest BCUT2D eigenvalue weighted by atomic mass is 10.0. The first-order valence-electron chi connectivity index (χ1n) is 5.57. The van der Waals surface area contributed by atoms with Crippen molar-refractivity contribution in [3.05, 3.63) is 35.4 Å². The Morgan fingerprint density at radius 1 is 1.05 bits per heavy atom. The van der Waals surface area contributed by atoms with Crippen LogP contribution in [0.4, 0.5) is 22.0 Å². The number of carbonyl (C=O) groups excluding carboxylic acids is 1. The van der Waals surface area contributed by atoms with Crippen LogP contribution in [0.5, 0.6) is 0 Å². The molecule has 116 valence electrons. The van der Waals surface area contributed by atoms with E-state index in [1.54, 1.807) is 0 Å². The van der Waals surface area contributed by atoms with Crippen molar-refractivity contribution >= 4 is 11.9 Å². The quantitative estimate of drug-likeness (QED) is 0.819. The van der Waals surface area contributed by atoms with Crippen LogP contribution in [0.25, 0.3) is 0 Å². The summed E-state index contributed by atoms with van der Waals surface area (Å²) < 4.78 is 61.3. The number of hydrogen-bond donors (Lipinski definition) is 2. The standard InChI is InChI=1S/C12H10F5NO3/c13-11(14,12(15,16)17)10(21)18-6-8-4-2-1-3-7(8)5-9(19)20/h1-4H,5-6H2,(H,18,21)(H,19,20). The largest absolute Gasteiger partial charge is 0.481 e. The molecule has 0 saturated carbocycles. The summed E-state index contributed by atoms with van der Waals surface area (Å²) in [5.41, 5.74) is 0.354. The zero-order chi connectivity index (χ0) is 16.3. The number of benzene rings is 1. The molecule has 21 heavy (non-hydrogen) atoms. The summed E-state index contributed by atoms with van der Waals surface area (Å²) in [4.78, 5) is 21.5. The lowest BCUT2D eigenvalue weighted by molar-refractivity contribution is -0.269. The summed E-state index contributed by atoms with van der Waals surface area (Å²) in [6.07, 6.45) is -6.43.